The molecule has 0 spiro atoms. The van der Waals surface area contributed by atoms with Gasteiger partial charge in [-0.2, -0.15) is 0 Å². The van der Waals surface area contributed by atoms with Gasteiger partial charge in [-0.3, -0.25) is 19.8 Å². The van der Waals surface area contributed by atoms with Gasteiger partial charge in [-0.25, -0.2) is 4.39 Å². The molecule has 166 valence electrons. The summed E-state index contributed by atoms with van der Waals surface area (Å²) in [6, 6.07) is 10.6. The van der Waals surface area contributed by atoms with Crippen molar-refractivity contribution in [2.75, 3.05) is 37.6 Å². The van der Waals surface area contributed by atoms with E-state index in [9.17, 15) is 19.3 Å². The molecule has 1 aliphatic heterocycles. The van der Waals surface area contributed by atoms with Gasteiger partial charge in [0.05, 0.1) is 17.5 Å². The van der Waals surface area contributed by atoms with Crippen LogP contribution < -0.4 is 10.2 Å². The number of anilines is 1. The topological polar surface area (TPSA) is 78.7 Å². The van der Waals surface area contributed by atoms with E-state index in [0.717, 1.165) is 5.56 Å². The van der Waals surface area contributed by atoms with Gasteiger partial charge in [-0.15, -0.1) is 0 Å². The average molecular weight is 449 g/mol. The lowest BCUT2D eigenvalue weighted by Crippen LogP contribution is -2.50. The molecule has 0 bridgehead atoms. The monoisotopic (exact) mass is 448 g/mol. The first-order valence-corrected chi connectivity index (χ1v) is 10.6. The standard InChI is InChI=1S/C22H26ClFN4O3/c1-15(2)22(16-3-6-18(24)7-4-16)25-21(29)14-26-9-11-27(12-10-26)19-8-5-17(23)13-20(19)28(30)31/h3-8,13,15,22H,9-12,14H2,1-2H3,(H,25,29). The molecular formula is C22H26ClFN4O3. The Hall–Kier alpha value is -2.71. The van der Waals surface area contributed by atoms with Gasteiger partial charge in [0.1, 0.15) is 11.5 Å². The summed E-state index contributed by atoms with van der Waals surface area (Å²) in [6.45, 7) is 6.61. The third kappa shape index (κ3) is 5.92. The number of rotatable bonds is 7. The summed E-state index contributed by atoms with van der Waals surface area (Å²) in [5.74, 6) is -0.262. The number of carbonyl (C=O) groups excluding carboxylic acids is 1. The minimum absolute atomic E-state index is 0.0160. The van der Waals surface area contributed by atoms with Crippen LogP contribution in [0.1, 0.15) is 25.5 Å². The van der Waals surface area contributed by atoms with Crippen molar-refractivity contribution < 1.29 is 14.1 Å². The van der Waals surface area contributed by atoms with Crippen molar-refractivity contribution in [3.05, 3.63) is 69.0 Å². The van der Waals surface area contributed by atoms with Crippen LogP contribution in [0.3, 0.4) is 0 Å². The normalized spacial score (nSPS) is 15.7. The lowest BCUT2D eigenvalue weighted by Gasteiger charge is -2.35. The number of nitro groups is 1. The van der Waals surface area contributed by atoms with Crippen LogP contribution in [0.25, 0.3) is 0 Å². The SMILES string of the molecule is CC(C)C(NC(=O)CN1CCN(c2ccc(Cl)cc2[N+](=O)[O-])CC1)c1ccc(F)cc1. The number of hydrogen-bond acceptors (Lipinski definition) is 5. The molecule has 1 fully saturated rings. The fourth-order valence-electron chi connectivity index (χ4n) is 3.78. The van der Waals surface area contributed by atoms with Gasteiger partial charge in [0.25, 0.3) is 5.69 Å². The number of nitrogens with zero attached hydrogens (tertiary/aromatic N) is 3. The van der Waals surface area contributed by atoms with Crippen molar-refractivity contribution in [2.45, 2.75) is 19.9 Å². The Labute approximate surface area is 185 Å². The Morgan fingerprint density at radius 3 is 2.39 bits per heavy atom. The second-order valence-corrected chi connectivity index (χ2v) is 8.43. The number of hydrogen-bond donors (Lipinski definition) is 1. The number of halogens is 2. The molecule has 2 aromatic carbocycles. The lowest BCUT2D eigenvalue weighted by molar-refractivity contribution is -0.384. The van der Waals surface area contributed by atoms with E-state index in [1.54, 1.807) is 24.3 Å². The molecule has 1 heterocycles. The van der Waals surface area contributed by atoms with Gasteiger partial charge in [0.15, 0.2) is 0 Å². The van der Waals surface area contributed by atoms with E-state index in [1.165, 1.54) is 18.2 Å². The quantitative estimate of drug-likeness (QED) is 0.511. The predicted octanol–water partition coefficient (Wildman–Crippen LogP) is 4.02. The summed E-state index contributed by atoms with van der Waals surface area (Å²) in [5, 5.41) is 14.7. The predicted molar refractivity (Wildman–Crippen MR) is 119 cm³/mol. The average Bonchev–Trinajstić information content (AvgIpc) is 2.73. The van der Waals surface area contributed by atoms with Gasteiger partial charge in [0.2, 0.25) is 5.91 Å². The number of piperazine rings is 1. The molecule has 0 aliphatic carbocycles. The first-order chi connectivity index (χ1) is 14.7. The molecule has 3 rings (SSSR count). The molecule has 31 heavy (non-hydrogen) atoms. The van der Waals surface area contributed by atoms with E-state index >= 15 is 0 Å². The van der Waals surface area contributed by atoms with Crippen LogP contribution in [0.5, 0.6) is 0 Å². The molecule has 9 heteroatoms. The highest BCUT2D eigenvalue weighted by Gasteiger charge is 2.26. The summed E-state index contributed by atoms with van der Waals surface area (Å²) in [4.78, 5) is 27.5. The van der Waals surface area contributed by atoms with Crippen LogP contribution in [0.2, 0.25) is 5.02 Å². The minimum Gasteiger partial charge on any atom is -0.363 e. The Bertz CT molecular complexity index is 931. The molecule has 1 aliphatic rings. The van der Waals surface area contributed by atoms with E-state index in [0.29, 0.717) is 36.9 Å². The third-order valence-electron chi connectivity index (χ3n) is 5.43. The van der Waals surface area contributed by atoms with Gasteiger partial charge < -0.3 is 10.2 Å². The maximum absolute atomic E-state index is 13.2. The zero-order valence-corrected chi connectivity index (χ0v) is 18.3. The molecule has 1 atom stereocenters. The van der Waals surface area contributed by atoms with E-state index in [4.69, 9.17) is 11.6 Å². The van der Waals surface area contributed by atoms with Gasteiger partial charge >= 0.3 is 0 Å². The summed E-state index contributed by atoms with van der Waals surface area (Å²) < 4.78 is 13.2. The highest BCUT2D eigenvalue weighted by molar-refractivity contribution is 6.30. The Balaban J connectivity index is 1.57. The molecule has 7 nitrogen and oxygen atoms in total. The molecule has 1 unspecified atom stereocenters. The first kappa shape index (κ1) is 23.0. The molecule has 0 aromatic heterocycles. The third-order valence-corrected chi connectivity index (χ3v) is 5.66. The second kappa shape index (κ2) is 10.1. The number of carbonyl (C=O) groups is 1. The van der Waals surface area contributed by atoms with Crippen molar-refractivity contribution >= 4 is 28.9 Å². The summed E-state index contributed by atoms with van der Waals surface area (Å²) in [6.07, 6.45) is 0. The molecule has 0 saturated carbocycles. The summed E-state index contributed by atoms with van der Waals surface area (Å²) in [7, 11) is 0. The second-order valence-electron chi connectivity index (χ2n) is 7.99. The molecular weight excluding hydrogens is 423 g/mol. The minimum atomic E-state index is -0.428. The molecule has 2 aromatic rings. The highest BCUT2D eigenvalue weighted by Crippen LogP contribution is 2.31. The van der Waals surface area contributed by atoms with Gasteiger partial charge in [-0.1, -0.05) is 37.6 Å². The fourth-order valence-corrected chi connectivity index (χ4v) is 3.95. The molecule has 1 saturated heterocycles. The fraction of sp³-hybridized carbons (Fsp3) is 0.409. The number of nitrogens with one attached hydrogen (secondary N) is 1. The van der Waals surface area contributed by atoms with E-state index in [2.05, 4.69) is 5.32 Å². The number of nitro benzene ring substituents is 1. The van der Waals surface area contributed by atoms with Crippen molar-refractivity contribution in [2.24, 2.45) is 5.92 Å². The Morgan fingerprint density at radius 2 is 1.81 bits per heavy atom. The van der Waals surface area contributed by atoms with Crippen LogP contribution >= 0.6 is 11.6 Å². The van der Waals surface area contributed by atoms with Crippen molar-refractivity contribution in [3.63, 3.8) is 0 Å². The zero-order valence-electron chi connectivity index (χ0n) is 17.6. The summed E-state index contributed by atoms with van der Waals surface area (Å²) in [5.41, 5.74) is 1.39. The van der Waals surface area contributed by atoms with Crippen molar-refractivity contribution in [1.29, 1.82) is 0 Å². The zero-order chi connectivity index (χ0) is 22.5. The van der Waals surface area contributed by atoms with Crippen LogP contribution in [0.15, 0.2) is 42.5 Å². The largest absolute Gasteiger partial charge is 0.363 e. The molecule has 1 amide bonds. The lowest BCUT2D eigenvalue weighted by atomic mass is 9.96. The van der Waals surface area contributed by atoms with Crippen molar-refractivity contribution in [3.8, 4) is 0 Å². The number of amides is 1. The van der Waals surface area contributed by atoms with E-state index in [-0.39, 0.29) is 35.9 Å². The van der Waals surface area contributed by atoms with E-state index < -0.39 is 4.92 Å². The Kier molecular flexibility index (Phi) is 7.46. The van der Waals surface area contributed by atoms with Crippen molar-refractivity contribution in [1.82, 2.24) is 10.2 Å². The number of benzene rings is 2. The van der Waals surface area contributed by atoms with Crippen LogP contribution in [-0.4, -0.2) is 48.5 Å². The van der Waals surface area contributed by atoms with E-state index in [1.807, 2.05) is 23.6 Å². The van der Waals surface area contributed by atoms with Gasteiger partial charge in [0, 0.05) is 37.3 Å². The maximum atomic E-state index is 13.2. The summed E-state index contributed by atoms with van der Waals surface area (Å²) >= 11 is 5.90. The van der Waals surface area contributed by atoms with Crippen LogP contribution in [0, 0.1) is 21.8 Å². The Morgan fingerprint density at radius 1 is 1.16 bits per heavy atom. The first-order valence-electron chi connectivity index (χ1n) is 10.2. The smallest absolute Gasteiger partial charge is 0.294 e. The van der Waals surface area contributed by atoms with Crippen LogP contribution in [-0.2, 0) is 4.79 Å². The van der Waals surface area contributed by atoms with Gasteiger partial charge in [-0.05, 0) is 35.7 Å². The molecule has 1 N–H and O–H groups in total. The molecule has 0 radical (unpaired) electrons. The maximum Gasteiger partial charge on any atom is 0.294 e. The highest BCUT2D eigenvalue weighted by atomic mass is 35.5. The van der Waals surface area contributed by atoms with Crippen LogP contribution in [0.4, 0.5) is 15.8 Å².